The SMILES string of the molecule is COCCc1ccc(S(=O)(=O)N2CCCC(C(=O)NCCN)C2)cc1. The molecule has 0 aliphatic carbocycles. The van der Waals surface area contributed by atoms with Gasteiger partial charge in [-0.3, -0.25) is 4.79 Å². The molecule has 0 radical (unpaired) electrons. The van der Waals surface area contributed by atoms with Gasteiger partial charge in [0.25, 0.3) is 0 Å². The highest BCUT2D eigenvalue weighted by molar-refractivity contribution is 7.89. The van der Waals surface area contributed by atoms with Gasteiger partial charge in [-0.15, -0.1) is 0 Å². The second-order valence-electron chi connectivity index (χ2n) is 6.17. The van der Waals surface area contributed by atoms with Crippen LogP contribution in [-0.4, -0.2) is 58.5 Å². The number of carbonyl (C=O) groups is 1. The molecule has 1 saturated heterocycles. The molecule has 7 nitrogen and oxygen atoms in total. The van der Waals surface area contributed by atoms with Crippen LogP contribution in [0.25, 0.3) is 0 Å². The predicted octanol–water partition coefficient (Wildman–Crippen LogP) is 0.351. The molecule has 3 N–H and O–H groups in total. The van der Waals surface area contributed by atoms with E-state index >= 15 is 0 Å². The lowest BCUT2D eigenvalue weighted by molar-refractivity contribution is -0.126. The normalized spacial score (nSPS) is 18.9. The number of benzene rings is 1. The number of carbonyl (C=O) groups excluding carboxylic acids is 1. The molecule has 0 spiro atoms. The summed E-state index contributed by atoms with van der Waals surface area (Å²) in [5, 5.41) is 2.74. The molecule has 0 aromatic heterocycles. The van der Waals surface area contributed by atoms with Gasteiger partial charge in [-0.25, -0.2) is 8.42 Å². The minimum Gasteiger partial charge on any atom is -0.384 e. The largest absolute Gasteiger partial charge is 0.384 e. The Morgan fingerprint density at radius 2 is 2.08 bits per heavy atom. The second kappa shape index (κ2) is 9.28. The second-order valence-corrected chi connectivity index (χ2v) is 8.11. The van der Waals surface area contributed by atoms with Crippen molar-refractivity contribution < 1.29 is 17.9 Å². The summed E-state index contributed by atoms with van der Waals surface area (Å²) in [6, 6.07) is 6.86. The molecule has 1 fully saturated rings. The molecule has 1 aliphatic heterocycles. The number of piperidine rings is 1. The van der Waals surface area contributed by atoms with E-state index in [2.05, 4.69) is 5.32 Å². The summed E-state index contributed by atoms with van der Waals surface area (Å²) in [6.07, 6.45) is 2.11. The Balaban J connectivity index is 2.06. The van der Waals surface area contributed by atoms with E-state index in [1.807, 2.05) is 0 Å². The number of hydrogen-bond acceptors (Lipinski definition) is 5. The first-order valence-corrected chi connectivity index (χ1v) is 9.99. The van der Waals surface area contributed by atoms with Crippen molar-refractivity contribution in [2.45, 2.75) is 24.2 Å². The number of amides is 1. The van der Waals surface area contributed by atoms with E-state index in [0.29, 0.717) is 39.1 Å². The first-order valence-electron chi connectivity index (χ1n) is 8.55. The van der Waals surface area contributed by atoms with Gasteiger partial charge in [-0.1, -0.05) is 12.1 Å². The van der Waals surface area contributed by atoms with Crippen molar-refractivity contribution in [2.75, 3.05) is 39.9 Å². The first kappa shape index (κ1) is 19.8. The van der Waals surface area contributed by atoms with Gasteiger partial charge >= 0.3 is 0 Å². The Morgan fingerprint density at radius 1 is 1.36 bits per heavy atom. The summed E-state index contributed by atoms with van der Waals surface area (Å²) in [4.78, 5) is 12.4. The zero-order valence-corrected chi connectivity index (χ0v) is 15.4. The van der Waals surface area contributed by atoms with Crippen LogP contribution in [0.5, 0.6) is 0 Å². The van der Waals surface area contributed by atoms with Gasteiger partial charge in [0.05, 0.1) is 17.4 Å². The van der Waals surface area contributed by atoms with E-state index in [4.69, 9.17) is 10.5 Å². The maximum absolute atomic E-state index is 12.8. The molecule has 1 atom stereocenters. The van der Waals surface area contributed by atoms with Crippen LogP contribution in [-0.2, 0) is 26.0 Å². The number of rotatable bonds is 8. The van der Waals surface area contributed by atoms with Crippen LogP contribution in [0.2, 0.25) is 0 Å². The fourth-order valence-corrected chi connectivity index (χ4v) is 4.44. The zero-order valence-electron chi connectivity index (χ0n) is 14.6. The number of hydrogen-bond donors (Lipinski definition) is 2. The Bertz CT molecular complexity index is 661. The van der Waals surface area contributed by atoms with Crippen LogP contribution in [0.3, 0.4) is 0 Å². The van der Waals surface area contributed by atoms with Crippen molar-refractivity contribution in [1.82, 2.24) is 9.62 Å². The number of sulfonamides is 1. The topological polar surface area (TPSA) is 102 Å². The maximum atomic E-state index is 12.8. The fraction of sp³-hybridized carbons (Fsp3) is 0.588. The third-order valence-corrected chi connectivity index (χ3v) is 6.23. The average Bonchev–Trinajstić information content (AvgIpc) is 2.64. The van der Waals surface area contributed by atoms with Crippen molar-refractivity contribution in [3.63, 3.8) is 0 Å². The molecule has 1 aliphatic rings. The monoisotopic (exact) mass is 369 g/mol. The van der Waals surface area contributed by atoms with Crippen molar-refractivity contribution in [3.8, 4) is 0 Å². The molecule has 1 amide bonds. The van der Waals surface area contributed by atoms with Crippen molar-refractivity contribution in [2.24, 2.45) is 11.7 Å². The highest BCUT2D eigenvalue weighted by Crippen LogP contribution is 2.24. The van der Waals surface area contributed by atoms with Crippen LogP contribution in [0.1, 0.15) is 18.4 Å². The summed E-state index contributed by atoms with van der Waals surface area (Å²) in [5.41, 5.74) is 6.42. The van der Waals surface area contributed by atoms with Crippen molar-refractivity contribution in [3.05, 3.63) is 29.8 Å². The number of methoxy groups -OCH3 is 1. The van der Waals surface area contributed by atoms with Crippen LogP contribution >= 0.6 is 0 Å². The smallest absolute Gasteiger partial charge is 0.243 e. The molecule has 0 saturated carbocycles. The third-order valence-electron chi connectivity index (χ3n) is 4.35. The molecular formula is C17H27N3O4S. The van der Waals surface area contributed by atoms with E-state index in [1.165, 1.54) is 4.31 Å². The molecule has 0 bridgehead atoms. The molecule has 1 unspecified atom stereocenters. The van der Waals surface area contributed by atoms with E-state index in [1.54, 1.807) is 31.4 Å². The molecule has 25 heavy (non-hydrogen) atoms. The highest BCUT2D eigenvalue weighted by Gasteiger charge is 2.33. The lowest BCUT2D eigenvalue weighted by Gasteiger charge is -2.31. The number of nitrogens with one attached hydrogen (secondary N) is 1. The van der Waals surface area contributed by atoms with Gasteiger partial charge in [-0.2, -0.15) is 4.31 Å². The van der Waals surface area contributed by atoms with Gasteiger partial charge in [0.1, 0.15) is 0 Å². The van der Waals surface area contributed by atoms with Gasteiger partial charge in [0.2, 0.25) is 15.9 Å². The molecule has 1 aromatic carbocycles. The van der Waals surface area contributed by atoms with E-state index in [0.717, 1.165) is 12.0 Å². The summed E-state index contributed by atoms with van der Waals surface area (Å²) in [6.45, 7) is 2.03. The highest BCUT2D eigenvalue weighted by atomic mass is 32.2. The third kappa shape index (κ3) is 5.24. The Hall–Kier alpha value is -1.48. The summed E-state index contributed by atoms with van der Waals surface area (Å²) < 4.78 is 32.1. The van der Waals surface area contributed by atoms with E-state index in [-0.39, 0.29) is 23.3 Å². The minimum absolute atomic E-state index is 0.125. The molecule has 1 aromatic rings. The van der Waals surface area contributed by atoms with Crippen LogP contribution in [0.15, 0.2) is 29.2 Å². The number of nitrogens with zero attached hydrogens (tertiary/aromatic N) is 1. The Labute approximate surface area is 149 Å². The van der Waals surface area contributed by atoms with Crippen LogP contribution in [0.4, 0.5) is 0 Å². The summed E-state index contributed by atoms with van der Waals surface area (Å²) >= 11 is 0. The molecule has 140 valence electrons. The molecule has 1 heterocycles. The van der Waals surface area contributed by atoms with Crippen LogP contribution in [0, 0.1) is 5.92 Å². The average molecular weight is 369 g/mol. The van der Waals surface area contributed by atoms with Gasteiger partial charge in [0, 0.05) is 33.3 Å². The van der Waals surface area contributed by atoms with E-state index < -0.39 is 10.0 Å². The lowest BCUT2D eigenvalue weighted by atomic mass is 9.99. The van der Waals surface area contributed by atoms with Gasteiger partial charge in [-0.05, 0) is 37.0 Å². The van der Waals surface area contributed by atoms with E-state index in [9.17, 15) is 13.2 Å². The molecule has 8 heteroatoms. The minimum atomic E-state index is -3.59. The summed E-state index contributed by atoms with van der Waals surface area (Å²) in [5.74, 6) is -0.448. The maximum Gasteiger partial charge on any atom is 0.243 e. The van der Waals surface area contributed by atoms with Gasteiger partial charge in [0.15, 0.2) is 0 Å². The van der Waals surface area contributed by atoms with Crippen LogP contribution < -0.4 is 11.1 Å². The Kier molecular flexibility index (Phi) is 7.37. The van der Waals surface area contributed by atoms with Gasteiger partial charge < -0.3 is 15.8 Å². The summed E-state index contributed by atoms with van der Waals surface area (Å²) in [7, 11) is -1.95. The zero-order chi connectivity index (χ0) is 18.3. The first-order chi connectivity index (χ1) is 12.0. The van der Waals surface area contributed by atoms with Crippen molar-refractivity contribution in [1.29, 1.82) is 0 Å². The molecular weight excluding hydrogens is 342 g/mol. The number of nitrogens with two attached hydrogens (primary N) is 1. The quantitative estimate of drug-likeness (QED) is 0.688. The van der Waals surface area contributed by atoms with Crippen molar-refractivity contribution >= 4 is 15.9 Å². The fourth-order valence-electron chi connectivity index (χ4n) is 2.91. The number of ether oxygens (including phenoxy) is 1. The lowest BCUT2D eigenvalue weighted by Crippen LogP contribution is -2.46. The Morgan fingerprint density at radius 3 is 2.72 bits per heavy atom. The molecule has 2 rings (SSSR count). The standard InChI is InChI=1S/C17H27N3O4S/c1-24-12-8-14-4-6-16(7-5-14)25(22,23)20-11-2-3-15(13-20)17(21)19-10-9-18/h4-7,15H,2-3,8-13,18H2,1H3,(H,19,21). The predicted molar refractivity (Wildman–Crippen MR) is 95.6 cm³/mol.